The Kier molecular flexibility index (Phi) is 2.38. The van der Waals surface area contributed by atoms with E-state index in [4.69, 9.17) is 4.74 Å². The van der Waals surface area contributed by atoms with Crippen LogP contribution in [0.15, 0.2) is 30.1 Å². The molecule has 3 rings (SSSR count). The van der Waals surface area contributed by atoms with Gasteiger partial charge in [-0.25, -0.2) is 0 Å². The van der Waals surface area contributed by atoms with E-state index in [9.17, 15) is 10.1 Å². The van der Waals surface area contributed by atoms with E-state index in [-0.39, 0.29) is 11.4 Å². The molecule has 1 aromatic rings. The highest BCUT2D eigenvalue weighted by Gasteiger charge is 2.49. The molecule has 4 nitrogen and oxygen atoms in total. The minimum Gasteiger partial charge on any atom is -0.361 e. The second-order valence-electron chi connectivity index (χ2n) is 5.77. The molecule has 2 aliphatic rings. The van der Waals surface area contributed by atoms with Crippen molar-refractivity contribution in [3.05, 3.63) is 41.2 Å². The molecule has 1 atom stereocenters. The molecule has 96 valence electrons. The fourth-order valence-corrected chi connectivity index (χ4v) is 3.04. The number of carbonyl (C=O) groups is 1. The van der Waals surface area contributed by atoms with Crippen LogP contribution in [0.5, 0.6) is 0 Å². The van der Waals surface area contributed by atoms with E-state index in [1.165, 1.54) is 0 Å². The number of fused-ring (bicyclic) bond motifs is 2. The van der Waals surface area contributed by atoms with Gasteiger partial charge in [-0.1, -0.05) is 13.8 Å². The van der Waals surface area contributed by atoms with Gasteiger partial charge in [-0.15, -0.1) is 0 Å². The Hall–Kier alpha value is -1.99. The second-order valence-corrected chi connectivity index (χ2v) is 5.77. The number of hydrogen-bond acceptors (Lipinski definition) is 4. The molecule has 1 aromatic heterocycles. The summed E-state index contributed by atoms with van der Waals surface area (Å²) < 4.78 is 5.95. The van der Waals surface area contributed by atoms with Crippen molar-refractivity contribution >= 4 is 5.78 Å². The maximum absolute atomic E-state index is 12.2. The Balaban J connectivity index is 2.20. The fraction of sp³-hybridized carbons (Fsp3) is 0.400. The van der Waals surface area contributed by atoms with Crippen molar-refractivity contribution < 1.29 is 9.53 Å². The van der Waals surface area contributed by atoms with Crippen LogP contribution in [0.2, 0.25) is 0 Å². The van der Waals surface area contributed by atoms with Gasteiger partial charge in [0.05, 0.1) is 12.2 Å². The van der Waals surface area contributed by atoms with E-state index < -0.39 is 11.0 Å². The van der Waals surface area contributed by atoms with Crippen molar-refractivity contribution in [3.8, 4) is 6.07 Å². The van der Waals surface area contributed by atoms with Crippen LogP contribution in [0.4, 0.5) is 0 Å². The lowest BCUT2D eigenvalue weighted by Crippen LogP contribution is -2.40. The van der Waals surface area contributed by atoms with Gasteiger partial charge in [0, 0.05) is 23.4 Å². The first-order chi connectivity index (χ1) is 8.98. The number of aromatic nitrogens is 1. The van der Waals surface area contributed by atoms with Crippen molar-refractivity contribution in [1.29, 1.82) is 5.26 Å². The van der Waals surface area contributed by atoms with Crippen molar-refractivity contribution in [2.24, 2.45) is 5.41 Å². The number of ether oxygens (including phenoxy) is 1. The van der Waals surface area contributed by atoms with Crippen molar-refractivity contribution in [2.75, 3.05) is 0 Å². The molecule has 0 N–H and O–H groups in total. The Morgan fingerprint density at radius 2 is 2.26 bits per heavy atom. The van der Waals surface area contributed by atoms with E-state index in [0.29, 0.717) is 13.0 Å². The molecule has 0 saturated carbocycles. The van der Waals surface area contributed by atoms with Crippen LogP contribution in [0.1, 0.15) is 31.4 Å². The van der Waals surface area contributed by atoms with Gasteiger partial charge < -0.3 is 4.74 Å². The van der Waals surface area contributed by atoms with E-state index >= 15 is 0 Å². The first kappa shape index (κ1) is 12.1. The van der Waals surface area contributed by atoms with E-state index in [0.717, 1.165) is 11.1 Å². The normalized spacial score (nSPS) is 27.8. The van der Waals surface area contributed by atoms with Gasteiger partial charge in [-0.2, -0.15) is 5.26 Å². The largest absolute Gasteiger partial charge is 0.361 e. The number of rotatable bonds is 0. The van der Waals surface area contributed by atoms with Gasteiger partial charge in [0.15, 0.2) is 5.78 Å². The van der Waals surface area contributed by atoms with Crippen molar-refractivity contribution in [3.63, 3.8) is 0 Å². The highest BCUT2D eigenvalue weighted by molar-refractivity contribution is 6.04. The fourth-order valence-electron chi connectivity index (χ4n) is 3.04. The number of ketones is 1. The summed E-state index contributed by atoms with van der Waals surface area (Å²) in [5.41, 5.74) is 1.00. The minimum absolute atomic E-state index is 0.105. The molecular weight excluding hydrogens is 240 g/mol. The first-order valence-corrected chi connectivity index (χ1v) is 6.24. The second kappa shape index (κ2) is 3.75. The molecule has 0 fully saturated rings. The van der Waals surface area contributed by atoms with Crippen LogP contribution in [0.25, 0.3) is 0 Å². The van der Waals surface area contributed by atoms with Gasteiger partial charge in [0.25, 0.3) is 0 Å². The zero-order valence-corrected chi connectivity index (χ0v) is 10.9. The molecule has 1 aliphatic carbocycles. The first-order valence-electron chi connectivity index (χ1n) is 6.24. The van der Waals surface area contributed by atoms with Crippen LogP contribution in [0, 0.1) is 16.7 Å². The molecule has 1 unspecified atom stereocenters. The van der Waals surface area contributed by atoms with Crippen LogP contribution in [0.3, 0.4) is 0 Å². The predicted octanol–water partition coefficient (Wildman–Crippen LogP) is 2.26. The van der Waals surface area contributed by atoms with Gasteiger partial charge in [-0.05, 0) is 24.1 Å². The highest BCUT2D eigenvalue weighted by Crippen LogP contribution is 2.49. The summed E-state index contributed by atoms with van der Waals surface area (Å²) in [6.07, 6.45) is 5.75. The maximum Gasteiger partial charge on any atom is 0.178 e. The number of hydrogen-bond donors (Lipinski definition) is 0. The molecule has 0 radical (unpaired) electrons. The summed E-state index contributed by atoms with van der Waals surface area (Å²) in [7, 11) is 0. The number of pyridine rings is 1. The number of nitriles is 1. The monoisotopic (exact) mass is 254 g/mol. The number of nitrogens with zero attached hydrogens (tertiary/aromatic N) is 2. The Bertz CT molecular complexity index is 640. The molecule has 4 heteroatoms. The third-order valence-electron chi connectivity index (χ3n) is 3.91. The average Bonchev–Trinajstić information content (AvgIpc) is 2.73. The summed E-state index contributed by atoms with van der Waals surface area (Å²) >= 11 is 0. The molecule has 1 aliphatic heterocycles. The van der Waals surface area contributed by atoms with Gasteiger partial charge >= 0.3 is 0 Å². The Morgan fingerprint density at radius 1 is 1.47 bits per heavy atom. The van der Waals surface area contributed by atoms with Crippen molar-refractivity contribution in [2.45, 2.75) is 32.5 Å². The smallest absolute Gasteiger partial charge is 0.178 e. The molecule has 0 amide bonds. The van der Waals surface area contributed by atoms with E-state index in [1.54, 1.807) is 18.5 Å². The molecule has 2 heterocycles. The number of allylic oxidation sites excluding steroid dienone is 1. The number of Topliss-reactive ketones (excluding diaryl/α,β-unsaturated/α-hetero) is 1. The molecule has 0 aromatic carbocycles. The van der Waals surface area contributed by atoms with Crippen LogP contribution < -0.4 is 0 Å². The zero-order valence-electron chi connectivity index (χ0n) is 10.9. The molecule has 0 saturated heterocycles. The third kappa shape index (κ3) is 1.62. The van der Waals surface area contributed by atoms with Crippen LogP contribution in [-0.4, -0.2) is 10.8 Å². The topological polar surface area (TPSA) is 63.0 Å². The lowest BCUT2D eigenvalue weighted by atomic mass is 9.68. The van der Waals surface area contributed by atoms with Gasteiger partial charge in [0.1, 0.15) is 11.7 Å². The maximum atomic E-state index is 12.2. The summed E-state index contributed by atoms with van der Waals surface area (Å²) in [5.74, 6) is -0.105. The lowest BCUT2D eigenvalue weighted by molar-refractivity contribution is -0.129. The third-order valence-corrected chi connectivity index (χ3v) is 3.91. The molecule has 0 bridgehead atoms. The zero-order chi connectivity index (χ0) is 13.7. The molecular formula is C15H14N2O2. The number of carbonyl (C=O) groups excluding carboxylic acids is 1. The SMILES string of the molecule is CC1(C)CC2(C=C(C#N)C1=O)OCc1cnccc12. The minimum atomic E-state index is -0.652. The summed E-state index contributed by atoms with van der Waals surface area (Å²) in [4.78, 5) is 16.3. The predicted molar refractivity (Wildman–Crippen MR) is 67.8 cm³/mol. The highest BCUT2D eigenvalue weighted by atomic mass is 16.5. The van der Waals surface area contributed by atoms with E-state index in [2.05, 4.69) is 4.98 Å². The Labute approximate surface area is 111 Å². The van der Waals surface area contributed by atoms with Crippen LogP contribution >= 0.6 is 0 Å². The summed E-state index contributed by atoms with van der Waals surface area (Å²) in [6, 6.07) is 3.92. The standard InChI is InChI=1S/C15H14N2O2/c1-14(2)9-15(5-10(6-16)13(14)18)12-3-4-17-7-11(12)8-19-15/h3-5,7H,8-9H2,1-2H3. The van der Waals surface area contributed by atoms with Crippen LogP contribution in [-0.2, 0) is 21.7 Å². The van der Waals surface area contributed by atoms with Crippen molar-refractivity contribution in [1.82, 2.24) is 4.98 Å². The Morgan fingerprint density at radius 3 is 3.00 bits per heavy atom. The molecule has 1 spiro atoms. The van der Waals surface area contributed by atoms with E-state index in [1.807, 2.05) is 26.0 Å². The summed E-state index contributed by atoms with van der Waals surface area (Å²) in [5, 5.41) is 9.18. The van der Waals surface area contributed by atoms with Gasteiger partial charge in [-0.3, -0.25) is 9.78 Å². The quantitative estimate of drug-likeness (QED) is 0.712. The average molecular weight is 254 g/mol. The summed E-state index contributed by atoms with van der Waals surface area (Å²) in [6.45, 7) is 4.20. The lowest BCUT2D eigenvalue weighted by Gasteiger charge is -2.38. The van der Waals surface area contributed by atoms with Gasteiger partial charge in [0.2, 0.25) is 0 Å². The molecule has 19 heavy (non-hydrogen) atoms.